The highest BCUT2D eigenvalue weighted by atomic mass is 19.2. The summed E-state index contributed by atoms with van der Waals surface area (Å²) in [6, 6.07) is 2.68. The molecule has 1 fully saturated rings. The number of anilines is 1. The highest BCUT2D eigenvalue weighted by Gasteiger charge is 2.24. The van der Waals surface area contributed by atoms with Crippen molar-refractivity contribution in [3.05, 3.63) is 29.6 Å². The molecule has 1 aromatic rings. The zero-order chi connectivity index (χ0) is 13.3. The highest BCUT2D eigenvalue weighted by Crippen LogP contribution is 2.24. The third-order valence-corrected chi connectivity index (χ3v) is 3.60. The Morgan fingerprint density at radius 3 is 2.61 bits per heavy atom. The summed E-state index contributed by atoms with van der Waals surface area (Å²) < 4.78 is 39.4. The number of halogens is 3. The van der Waals surface area contributed by atoms with Crippen molar-refractivity contribution < 1.29 is 13.2 Å². The summed E-state index contributed by atoms with van der Waals surface area (Å²) in [6.07, 6.45) is 1.72. The van der Waals surface area contributed by atoms with Gasteiger partial charge in [0.25, 0.3) is 0 Å². The number of nitrogens with one attached hydrogen (secondary N) is 1. The molecule has 2 rings (SSSR count). The van der Waals surface area contributed by atoms with Crippen LogP contribution in [0.5, 0.6) is 0 Å². The Balaban J connectivity index is 2.08. The zero-order valence-electron chi connectivity index (χ0n) is 10.5. The van der Waals surface area contributed by atoms with Crippen LogP contribution < -0.4 is 5.32 Å². The normalized spacial score (nSPS) is 25.2. The van der Waals surface area contributed by atoms with Crippen LogP contribution in [0, 0.1) is 17.5 Å². The fourth-order valence-corrected chi connectivity index (χ4v) is 2.28. The Bertz CT molecular complexity index is 436. The van der Waals surface area contributed by atoms with Crippen molar-refractivity contribution >= 4 is 5.69 Å². The number of nitrogens with zero attached hydrogens (tertiary/aromatic N) is 1. The molecule has 18 heavy (non-hydrogen) atoms. The molecule has 0 spiro atoms. The van der Waals surface area contributed by atoms with Gasteiger partial charge in [-0.05, 0) is 38.9 Å². The number of piperidine rings is 1. The van der Waals surface area contributed by atoms with Gasteiger partial charge in [-0.2, -0.15) is 0 Å². The van der Waals surface area contributed by atoms with Crippen LogP contribution in [0.2, 0.25) is 0 Å². The first-order chi connectivity index (χ1) is 8.49. The lowest BCUT2D eigenvalue weighted by Gasteiger charge is -2.35. The standard InChI is InChI=1S/C13H17F3N2/c1-8-7-9(5-6-18(8)2)17-11-4-3-10(14)12(15)13(11)16/h3-4,8-9,17H,5-7H2,1-2H3. The second-order valence-corrected chi connectivity index (χ2v) is 4.92. The number of likely N-dealkylation sites (tertiary alicyclic amines) is 1. The van der Waals surface area contributed by atoms with Gasteiger partial charge in [0, 0.05) is 18.6 Å². The third-order valence-electron chi connectivity index (χ3n) is 3.60. The van der Waals surface area contributed by atoms with Crippen molar-refractivity contribution in [1.29, 1.82) is 0 Å². The van der Waals surface area contributed by atoms with E-state index < -0.39 is 17.5 Å². The molecule has 5 heteroatoms. The maximum atomic E-state index is 13.5. The Morgan fingerprint density at radius 1 is 1.22 bits per heavy atom. The average Bonchev–Trinajstić information content (AvgIpc) is 2.34. The summed E-state index contributed by atoms with van der Waals surface area (Å²) in [5.41, 5.74) is 0.0376. The first-order valence-electron chi connectivity index (χ1n) is 6.09. The smallest absolute Gasteiger partial charge is 0.196 e. The molecular weight excluding hydrogens is 241 g/mol. The Kier molecular flexibility index (Phi) is 3.80. The van der Waals surface area contributed by atoms with Crippen LogP contribution in [0.15, 0.2) is 12.1 Å². The fraction of sp³-hybridized carbons (Fsp3) is 0.538. The zero-order valence-corrected chi connectivity index (χ0v) is 10.5. The molecule has 100 valence electrons. The van der Waals surface area contributed by atoms with Gasteiger partial charge in [-0.25, -0.2) is 13.2 Å². The first-order valence-corrected chi connectivity index (χ1v) is 6.09. The van der Waals surface area contributed by atoms with Crippen molar-refractivity contribution in [3.63, 3.8) is 0 Å². The van der Waals surface area contributed by atoms with E-state index in [1.807, 2.05) is 7.05 Å². The summed E-state index contributed by atoms with van der Waals surface area (Å²) in [6.45, 7) is 3.00. The van der Waals surface area contributed by atoms with E-state index in [1.54, 1.807) is 0 Å². The number of rotatable bonds is 2. The minimum Gasteiger partial charge on any atom is -0.380 e. The second-order valence-electron chi connectivity index (χ2n) is 4.92. The first kappa shape index (κ1) is 13.2. The van der Waals surface area contributed by atoms with Crippen LogP contribution in [0.1, 0.15) is 19.8 Å². The molecule has 1 aliphatic rings. The minimum atomic E-state index is -1.42. The van der Waals surface area contributed by atoms with Gasteiger partial charge in [0.15, 0.2) is 17.5 Å². The van der Waals surface area contributed by atoms with Crippen LogP contribution in [0.25, 0.3) is 0 Å². The third kappa shape index (κ3) is 2.61. The van der Waals surface area contributed by atoms with E-state index in [9.17, 15) is 13.2 Å². The van der Waals surface area contributed by atoms with Gasteiger partial charge in [0.1, 0.15) is 0 Å². The molecule has 0 saturated carbocycles. The fourth-order valence-electron chi connectivity index (χ4n) is 2.28. The molecule has 0 aromatic heterocycles. The lowest BCUT2D eigenvalue weighted by Crippen LogP contribution is -2.42. The van der Waals surface area contributed by atoms with Crippen LogP contribution in [0.3, 0.4) is 0 Å². The van der Waals surface area contributed by atoms with Crippen LogP contribution in [0.4, 0.5) is 18.9 Å². The number of benzene rings is 1. The highest BCUT2D eigenvalue weighted by molar-refractivity contribution is 5.46. The van der Waals surface area contributed by atoms with Crippen LogP contribution in [-0.4, -0.2) is 30.6 Å². The van der Waals surface area contributed by atoms with Gasteiger partial charge in [-0.3, -0.25) is 0 Å². The van der Waals surface area contributed by atoms with Crippen LogP contribution in [-0.2, 0) is 0 Å². The summed E-state index contributed by atoms with van der Waals surface area (Å²) in [7, 11) is 2.04. The SMILES string of the molecule is CC1CC(Nc2ccc(F)c(F)c2F)CCN1C. The molecule has 0 bridgehead atoms. The van der Waals surface area contributed by atoms with Crippen molar-refractivity contribution in [2.24, 2.45) is 0 Å². The molecule has 1 saturated heterocycles. The lowest BCUT2D eigenvalue weighted by molar-refractivity contribution is 0.190. The monoisotopic (exact) mass is 258 g/mol. The predicted molar refractivity (Wildman–Crippen MR) is 65.1 cm³/mol. The number of hydrogen-bond acceptors (Lipinski definition) is 2. The molecular formula is C13H17F3N2. The van der Waals surface area contributed by atoms with Crippen LogP contribution >= 0.6 is 0 Å². The second kappa shape index (κ2) is 5.18. The molecule has 1 aromatic carbocycles. The van der Waals surface area contributed by atoms with Crippen molar-refractivity contribution in [3.8, 4) is 0 Å². The van der Waals surface area contributed by atoms with E-state index in [-0.39, 0.29) is 11.7 Å². The minimum absolute atomic E-state index is 0.0376. The molecule has 0 aliphatic carbocycles. The van der Waals surface area contributed by atoms with Gasteiger partial charge < -0.3 is 10.2 Å². The largest absolute Gasteiger partial charge is 0.380 e. The maximum absolute atomic E-state index is 13.5. The van der Waals surface area contributed by atoms with Gasteiger partial charge in [-0.15, -0.1) is 0 Å². The average molecular weight is 258 g/mol. The van der Waals surface area contributed by atoms with Gasteiger partial charge in [-0.1, -0.05) is 0 Å². The molecule has 0 amide bonds. The molecule has 2 unspecified atom stereocenters. The van der Waals surface area contributed by atoms with Crippen molar-refractivity contribution in [2.75, 3.05) is 18.9 Å². The summed E-state index contributed by atoms with van der Waals surface area (Å²) >= 11 is 0. The van der Waals surface area contributed by atoms with E-state index in [0.29, 0.717) is 6.04 Å². The Labute approximate surface area is 105 Å². The van der Waals surface area contributed by atoms with E-state index in [4.69, 9.17) is 0 Å². The van der Waals surface area contributed by atoms with E-state index >= 15 is 0 Å². The topological polar surface area (TPSA) is 15.3 Å². The molecule has 0 radical (unpaired) electrons. The van der Waals surface area contributed by atoms with E-state index in [2.05, 4.69) is 17.1 Å². The van der Waals surface area contributed by atoms with E-state index in [1.165, 1.54) is 6.07 Å². The predicted octanol–water partition coefficient (Wildman–Crippen LogP) is 3.00. The van der Waals surface area contributed by atoms with Gasteiger partial charge >= 0.3 is 0 Å². The maximum Gasteiger partial charge on any atom is 0.196 e. The van der Waals surface area contributed by atoms with Crippen molar-refractivity contribution in [1.82, 2.24) is 4.90 Å². The molecule has 1 heterocycles. The molecule has 1 aliphatic heterocycles. The van der Waals surface area contributed by atoms with Gasteiger partial charge in [0.2, 0.25) is 0 Å². The van der Waals surface area contributed by atoms with E-state index in [0.717, 1.165) is 25.5 Å². The molecule has 2 atom stereocenters. The Hall–Kier alpha value is -1.23. The summed E-state index contributed by atoms with van der Waals surface area (Å²) in [5, 5.41) is 2.96. The quantitative estimate of drug-likeness (QED) is 0.820. The molecule has 1 N–H and O–H groups in total. The summed E-state index contributed by atoms with van der Waals surface area (Å²) in [4.78, 5) is 2.22. The van der Waals surface area contributed by atoms with Gasteiger partial charge in [0.05, 0.1) is 5.69 Å². The lowest BCUT2D eigenvalue weighted by atomic mass is 9.98. The molecule has 2 nitrogen and oxygen atoms in total. The summed E-state index contributed by atoms with van der Waals surface area (Å²) in [5.74, 6) is -3.71. The number of hydrogen-bond donors (Lipinski definition) is 1. The van der Waals surface area contributed by atoms with Crippen molar-refractivity contribution in [2.45, 2.75) is 31.8 Å². The Morgan fingerprint density at radius 2 is 1.94 bits per heavy atom.